The maximum absolute atomic E-state index is 10.7. The summed E-state index contributed by atoms with van der Waals surface area (Å²) in [5, 5.41) is 0. The van der Waals surface area contributed by atoms with Crippen molar-refractivity contribution in [2.75, 3.05) is 26.4 Å². The van der Waals surface area contributed by atoms with Gasteiger partial charge in [-0.05, 0) is 12.8 Å². The van der Waals surface area contributed by atoms with Crippen LogP contribution in [0, 0.1) is 0 Å². The second-order valence-electron chi connectivity index (χ2n) is 4.77. The number of hydrogen-bond acceptors (Lipinski definition) is 4. The van der Waals surface area contributed by atoms with Crippen LogP contribution < -0.4 is 0 Å². The van der Waals surface area contributed by atoms with E-state index in [-0.39, 0.29) is 6.61 Å². The van der Waals surface area contributed by atoms with Gasteiger partial charge in [0, 0.05) is 13.2 Å². The molecule has 0 amide bonds. The number of hydrogen-bond donors (Lipinski definition) is 2. The Morgan fingerprint density at radius 3 is 2.10 bits per heavy atom. The Morgan fingerprint density at radius 1 is 0.950 bits per heavy atom. The molecule has 0 aromatic carbocycles. The van der Waals surface area contributed by atoms with Crippen LogP contribution in [-0.4, -0.2) is 42.3 Å². The summed E-state index contributed by atoms with van der Waals surface area (Å²) in [6.45, 7) is 5.57. The molecule has 0 aliphatic heterocycles. The summed E-state index contributed by atoms with van der Waals surface area (Å²) >= 11 is 0. The number of phosphoric acid groups is 1. The van der Waals surface area contributed by atoms with Crippen LogP contribution in [0.3, 0.4) is 0 Å². The van der Waals surface area contributed by atoms with Gasteiger partial charge in [-0.3, -0.25) is 4.52 Å². The quantitative estimate of drug-likeness (QED) is 0.379. The van der Waals surface area contributed by atoms with Crippen molar-refractivity contribution in [3.63, 3.8) is 0 Å². The number of phosphoric ester groups is 1. The lowest BCUT2D eigenvalue weighted by atomic mass is 10.2. The molecule has 0 saturated heterocycles. The molecule has 0 aliphatic rings. The van der Waals surface area contributed by atoms with Crippen LogP contribution in [0.2, 0.25) is 0 Å². The molecule has 122 valence electrons. The summed E-state index contributed by atoms with van der Waals surface area (Å²) in [6, 6.07) is 0. The summed E-state index contributed by atoms with van der Waals surface area (Å²) in [5.41, 5.74) is 0. The van der Waals surface area contributed by atoms with Crippen LogP contribution in [0.1, 0.15) is 52.4 Å². The topological polar surface area (TPSA) is 85.2 Å². The van der Waals surface area contributed by atoms with Gasteiger partial charge in [0.25, 0.3) is 0 Å². The molecule has 0 radical (unpaired) electrons. The van der Waals surface area contributed by atoms with Crippen molar-refractivity contribution in [1.29, 1.82) is 0 Å². The Balaban J connectivity index is 3.88. The van der Waals surface area contributed by atoms with Crippen LogP contribution in [0.15, 0.2) is 0 Å². The summed E-state index contributed by atoms with van der Waals surface area (Å²) in [7, 11) is -4.45. The summed E-state index contributed by atoms with van der Waals surface area (Å²) < 4.78 is 26.2. The third kappa shape index (κ3) is 14.4. The highest BCUT2D eigenvalue weighted by Gasteiger charge is 2.18. The molecular formula is C13H29O6P. The van der Waals surface area contributed by atoms with E-state index in [9.17, 15) is 4.57 Å². The first-order valence-corrected chi connectivity index (χ1v) is 8.92. The average molecular weight is 312 g/mol. The van der Waals surface area contributed by atoms with Gasteiger partial charge in [0.1, 0.15) is 6.10 Å². The van der Waals surface area contributed by atoms with Gasteiger partial charge in [-0.25, -0.2) is 4.57 Å². The molecule has 6 nitrogen and oxygen atoms in total. The minimum atomic E-state index is -4.45. The average Bonchev–Trinajstić information content (AvgIpc) is 2.38. The summed E-state index contributed by atoms with van der Waals surface area (Å²) in [5.74, 6) is 0. The lowest BCUT2D eigenvalue weighted by molar-refractivity contribution is -0.0428. The third-order valence-corrected chi connectivity index (χ3v) is 3.21. The van der Waals surface area contributed by atoms with E-state index in [1.807, 2.05) is 0 Å². The highest BCUT2D eigenvalue weighted by atomic mass is 31.2. The van der Waals surface area contributed by atoms with Gasteiger partial charge in [0.15, 0.2) is 0 Å². The Hall–Kier alpha value is 0.0300. The van der Waals surface area contributed by atoms with Crippen LogP contribution in [0.25, 0.3) is 0 Å². The summed E-state index contributed by atoms with van der Waals surface area (Å²) in [6.07, 6.45) is 5.89. The fourth-order valence-corrected chi connectivity index (χ4v) is 1.96. The maximum atomic E-state index is 10.7. The van der Waals surface area contributed by atoms with Crippen LogP contribution in [0.5, 0.6) is 0 Å². The third-order valence-electron chi connectivity index (χ3n) is 2.73. The van der Waals surface area contributed by atoms with E-state index in [0.29, 0.717) is 19.8 Å². The van der Waals surface area contributed by atoms with Crippen LogP contribution in [-0.2, 0) is 18.6 Å². The van der Waals surface area contributed by atoms with Gasteiger partial charge in [0.05, 0.1) is 13.2 Å². The van der Waals surface area contributed by atoms with Crippen LogP contribution in [0.4, 0.5) is 0 Å². The molecule has 0 bridgehead atoms. The largest absolute Gasteiger partial charge is 0.469 e. The van der Waals surface area contributed by atoms with Crippen molar-refractivity contribution in [2.24, 2.45) is 0 Å². The first kappa shape index (κ1) is 20.0. The van der Waals surface area contributed by atoms with Crippen molar-refractivity contribution in [2.45, 2.75) is 58.5 Å². The molecule has 0 aromatic rings. The van der Waals surface area contributed by atoms with Gasteiger partial charge in [-0.1, -0.05) is 39.5 Å². The zero-order valence-electron chi connectivity index (χ0n) is 12.6. The van der Waals surface area contributed by atoms with Crippen LogP contribution >= 0.6 is 7.82 Å². The predicted molar refractivity (Wildman–Crippen MR) is 77.6 cm³/mol. The van der Waals surface area contributed by atoms with E-state index >= 15 is 0 Å². The monoisotopic (exact) mass is 312 g/mol. The molecule has 0 heterocycles. The maximum Gasteiger partial charge on any atom is 0.469 e. The number of ether oxygens (including phenoxy) is 2. The molecule has 1 unspecified atom stereocenters. The smallest absolute Gasteiger partial charge is 0.379 e. The normalized spacial score (nSPS) is 13.6. The molecule has 1 atom stereocenters. The van der Waals surface area contributed by atoms with Gasteiger partial charge in [-0.2, -0.15) is 0 Å². The molecule has 0 aliphatic carbocycles. The first-order chi connectivity index (χ1) is 9.49. The second kappa shape index (κ2) is 12.7. The number of rotatable bonds is 14. The SMILES string of the molecule is CCCCCOCC(COP(=O)(O)O)OCCCCC. The van der Waals surface area contributed by atoms with Crippen molar-refractivity contribution in [3.05, 3.63) is 0 Å². The Labute approximate surface area is 122 Å². The van der Waals surface area contributed by atoms with Gasteiger partial charge >= 0.3 is 7.82 Å². The van der Waals surface area contributed by atoms with E-state index in [4.69, 9.17) is 19.3 Å². The minimum absolute atomic E-state index is 0.149. The summed E-state index contributed by atoms with van der Waals surface area (Å²) in [4.78, 5) is 17.4. The zero-order chi connectivity index (χ0) is 15.3. The Morgan fingerprint density at radius 2 is 1.55 bits per heavy atom. The molecule has 2 N–H and O–H groups in total. The second-order valence-corrected chi connectivity index (χ2v) is 6.01. The lowest BCUT2D eigenvalue weighted by Gasteiger charge is -2.18. The van der Waals surface area contributed by atoms with Crippen molar-refractivity contribution < 1.29 is 28.3 Å². The molecule has 7 heteroatoms. The Bertz CT molecular complexity index is 255. The minimum Gasteiger partial charge on any atom is -0.379 e. The van der Waals surface area contributed by atoms with E-state index < -0.39 is 13.9 Å². The fourth-order valence-electron chi connectivity index (χ4n) is 1.60. The van der Waals surface area contributed by atoms with Crippen molar-refractivity contribution >= 4 is 7.82 Å². The Kier molecular flexibility index (Phi) is 12.8. The molecule has 20 heavy (non-hydrogen) atoms. The molecule has 0 rings (SSSR count). The van der Waals surface area contributed by atoms with E-state index in [1.54, 1.807) is 0 Å². The molecule has 0 saturated carbocycles. The number of unbranched alkanes of at least 4 members (excludes halogenated alkanes) is 4. The predicted octanol–water partition coefficient (Wildman–Crippen LogP) is 2.88. The van der Waals surface area contributed by atoms with Gasteiger partial charge in [-0.15, -0.1) is 0 Å². The highest BCUT2D eigenvalue weighted by Crippen LogP contribution is 2.35. The van der Waals surface area contributed by atoms with E-state index in [1.165, 1.54) is 0 Å². The molecular weight excluding hydrogens is 283 g/mol. The van der Waals surface area contributed by atoms with Crippen molar-refractivity contribution in [1.82, 2.24) is 0 Å². The van der Waals surface area contributed by atoms with Gasteiger partial charge < -0.3 is 19.3 Å². The molecule has 0 aromatic heterocycles. The fraction of sp³-hybridized carbons (Fsp3) is 1.00. The zero-order valence-corrected chi connectivity index (χ0v) is 13.5. The van der Waals surface area contributed by atoms with Crippen molar-refractivity contribution in [3.8, 4) is 0 Å². The molecule has 0 fully saturated rings. The van der Waals surface area contributed by atoms with Gasteiger partial charge in [0.2, 0.25) is 0 Å². The van der Waals surface area contributed by atoms with E-state index in [0.717, 1.165) is 38.5 Å². The lowest BCUT2D eigenvalue weighted by Crippen LogP contribution is -2.26. The van der Waals surface area contributed by atoms with E-state index in [2.05, 4.69) is 18.4 Å². The first-order valence-electron chi connectivity index (χ1n) is 7.39. The highest BCUT2D eigenvalue weighted by molar-refractivity contribution is 7.46. The standard InChI is InChI=1S/C13H29O6P/c1-3-5-7-9-17-11-13(12-19-20(14,15)16)18-10-8-6-4-2/h13H,3-12H2,1-2H3,(H2,14,15,16). The molecule has 0 spiro atoms.